The highest BCUT2D eigenvalue weighted by Gasteiger charge is 2.17. The molecular formula is C26H21BrIN3O5. The Morgan fingerprint density at radius 2 is 1.97 bits per heavy atom. The van der Waals surface area contributed by atoms with E-state index in [1.54, 1.807) is 12.1 Å². The fourth-order valence-electron chi connectivity index (χ4n) is 3.22. The predicted octanol–water partition coefficient (Wildman–Crippen LogP) is 6.79. The third kappa shape index (κ3) is 6.83. The van der Waals surface area contributed by atoms with Gasteiger partial charge in [-0.25, -0.2) is 0 Å². The molecule has 0 unspecified atom stereocenters. The van der Waals surface area contributed by atoms with E-state index < -0.39 is 10.8 Å². The number of hydrogen-bond acceptors (Lipinski definition) is 6. The summed E-state index contributed by atoms with van der Waals surface area (Å²) in [7, 11) is 0. The molecule has 3 aromatic carbocycles. The molecule has 1 amide bonds. The number of nitrogens with one attached hydrogen (secondary N) is 1. The summed E-state index contributed by atoms with van der Waals surface area (Å²) in [5.41, 5.74) is 2.79. The number of nitriles is 1. The van der Waals surface area contributed by atoms with Gasteiger partial charge in [0, 0.05) is 16.6 Å². The van der Waals surface area contributed by atoms with Crippen molar-refractivity contribution in [2.24, 2.45) is 0 Å². The number of anilines is 1. The lowest BCUT2D eigenvalue weighted by atomic mass is 10.1. The number of amides is 1. The zero-order chi connectivity index (χ0) is 26.2. The Bertz CT molecular complexity index is 1380. The molecule has 0 aliphatic carbocycles. The summed E-state index contributed by atoms with van der Waals surface area (Å²) in [6.07, 6.45) is 1.45. The molecule has 0 saturated carbocycles. The van der Waals surface area contributed by atoms with Crippen molar-refractivity contribution in [2.75, 3.05) is 11.9 Å². The highest BCUT2D eigenvalue weighted by molar-refractivity contribution is 14.1. The molecule has 3 rings (SSSR count). The van der Waals surface area contributed by atoms with E-state index in [-0.39, 0.29) is 11.3 Å². The summed E-state index contributed by atoms with van der Waals surface area (Å²) in [4.78, 5) is 23.1. The normalized spacial score (nSPS) is 10.9. The molecule has 0 aromatic heterocycles. The maximum atomic E-state index is 12.8. The first-order valence-electron chi connectivity index (χ1n) is 10.7. The number of nitro benzene ring substituents is 1. The van der Waals surface area contributed by atoms with Crippen molar-refractivity contribution >= 4 is 61.9 Å². The maximum Gasteiger partial charge on any atom is 0.270 e. The number of carbonyl (C=O) groups is 1. The second-order valence-electron chi connectivity index (χ2n) is 7.52. The lowest BCUT2D eigenvalue weighted by Gasteiger charge is -2.16. The molecule has 3 aromatic rings. The SMILES string of the molecule is CCOc1cc(C=C(C#N)C(=O)Nc2ccc([N+](=O)[O-])cc2Br)cc(I)c1OCc1ccccc1C. The molecule has 1 N–H and O–H groups in total. The first kappa shape index (κ1) is 27.2. The van der Waals surface area contributed by atoms with Gasteiger partial charge < -0.3 is 14.8 Å². The Labute approximate surface area is 230 Å². The second-order valence-corrected chi connectivity index (χ2v) is 9.54. The van der Waals surface area contributed by atoms with E-state index in [1.165, 1.54) is 24.3 Å². The topological polar surface area (TPSA) is 114 Å². The summed E-state index contributed by atoms with van der Waals surface area (Å²) in [6, 6.07) is 17.3. The maximum absolute atomic E-state index is 12.8. The van der Waals surface area contributed by atoms with Crippen LogP contribution in [0.5, 0.6) is 11.5 Å². The van der Waals surface area contributed by atoms with Crippen molar-refractivity contribution < 1.29 is 19.2 Å². The van der Waals surface area contributed by atoms with Crippen LogP contribution in [0.3, 0.4) is 0 Å². The van der Waals surface area contributed by atoms with Gasteiger partial charge >= 0.3 is 0 Å². The minimum atomic E-state index is -0.653. The fraction of sp³-hybridized carbons (Fsp3) is 0.154. The van der Waals surface area contributed by atoms with Crippen LogP contribution in [0.1, 0.15) is 23.6 Å². The molecule has 0 aliphatic heterocycles. The van der Waals surface area contributed by atoms with Gasteiger partial charge in [0.1, 0.15) is 18.2 Å². The standard InChI is InChI=1S/C26H21BrIN3O5/c1-3-35-24-12-17(11-22(28)25(24)36-15-18-7-5-4-6-16(18)2)10-19(14-29)26(32)30-23-9-8-20(31(33)34)13-21(23)27/h4-13H,3,15H2,1-2H3,(H,30,32). The zero-order valence-electron chi connectivity index (χ0n) is 19.4. The van der Waals surface area contributed by atoms with E-state index in [4.69, 9.17) is 9.47 Å². The number of carbonyl (C=O) groups excluding carboxylic acids is 1. The Morgan fingerprint density at radius 1 is 1.22 bits per heavy atom. The van der Waals surface area contributed by atoms with Crippen LogP contribution < -0.4 is 14.8 Å². The third-order valence-corrected chi connectivity index (χ3v) is 6.51. The number of aryl methyl sites for hydroxylation is 1. The van der Waals surface area contributed by atoms with Crippen molar-refractivity contribution in [1.29, 1.82) is 5.26 Å². The molecule has 10 heteroatoms. The summed E-state index contributed by atoms with van der Waals surface area (Å²) in [6.45, 7) is 4.65. The number of benzene rings is 3. The minimum Gasteiger partial charge on any atom is -0.490 e. The first-order chi connectivity index (χ1) is 17.2. The largest absolute Gasteiger partial charge is 0.490 e. The highest BCUT2D eigenvalue weighted by Crippen LogP contribution is 2.36. The van der Waals surface area contributed by atoms with Crippen molar-refractivity contribution in [3.8, 4) is 17.6 Å². The highest BCUT2D eigenvalue weighted by atomic mass is 127. The van der Waals surface area contributed by atoms with Gasteiger partial charge in [0.25, 0.3) is 11.6 Å². The number of nitrogens with zero attached hydrogens (tertiary/aromatic N) is 2. The predicted molar refractivity (Wildman–Crippen MR) is 149 cm³/mol. The van der Waals surface area contributed by atoms with E-state index in [0.29, 0.717) is 40.4 Å². The molecule has 0 aliphatic rings. The molecule has 0 saturated heterocycles. The van der Waals surface area contributed by atoms with Crippen molar-refractivity contribution in [1.82, 2.24) is 0 Å². The summed E-state index contributed by atoms with van der Waals surface area (Å²) >= 11 is 5.34. The first-order valence-corrected chi connectivity index (χ1v) is 12.6. The van der Waals surface area contributed by atoms with Crippen molar-refractivity contribution in [3.63, 3.8) is 0 Å². The van der Waals surface area contributed by atoms with Crippen LogP contribution in [-0.4, -0.2) is 17.4 Å². The summed E-state index contributed by atoms with van der Waals surface area (Å²) in [5, 5.41) is 23.1. The second kappa shape index (κ2) is 12.5. The lowest BCUT2D eigenvalue weighted by Crippen LogP contribution is -2.14. The molecule has 36 heavy (non-hydrogen) atoms. The van der Waals surface area contributed by atoms with Crippen LogP contribution >= 0.6 is 38.5 Å². The lowest BCUT2D eigenvalue weighted by molar-refractivity contribution is -0.384. The molecule has 0 heterocycles. The number of hydrogen-bond donors (Lipinski definition) is 1. The van der Waals surface area contributed by atoms with Gasteiger partial charge in [0.05, 0.1) is 20.8 Å². The quantitative estimate of drug-likeness (QED) is 0.0888. The van der Waals surface area contributed by atoms with E-state index in [9.17, 15) is 20.2 Å². The zero-order valence-corrected chi connectivity index (χ0v) is 23.1. The Hall–Kier alpha value is -3.43. The molecule has 0 radical (unpaired) electrons. The molecular weight excluding hydrogens is 641 g/mol. The number of halogens is 2. The smallest absolute Gasteiger partial charge is 0.270 e. The van der Waals surface area contributed by atoms with Gasteiger partial charge in [-0.05, 0) is 93.3 Å². The summed E-state index contributed by atoms with van der Waals surface area (Å²) in [5.74, 6) is 0.426. The van der Waals surface area contributed by atoms with E-state index in [2.05, 4.69) is 43.8 Å². The molecule has 184 valence electrons. The van der Waals surface area contributed by atoms with E-state index >= 15 is 0 Å². The van der Waals surface area contributed by atoms with Crippen molar-refractivity contribution in [3.05, 3.63) is 95.0 Å². The molecule has 0 spiro atoms. The monoisotopic (exact) mass is 661 g/mol. The average Bonchev–Trinajstić information content (AvgIpc) is 2.84. The van der Waals surface area contributed by atoms with E-state index in [0.717, 1.165) is 14.7 Å². The number of rotatable bonds is 9. The van der Waals surface area contributed by atoms with Crippen LogP contribution in [-0.2, 0) is 11.4 Å². The van der Waals surface area contributed by atoms with Gasteiger partial charge in [-0.15, -0.1) is 0 Å². The van der Waals surface area contributed by atoms with Crippen LogP contribution in [0, 0.1) is 31.9 Å². The van der Waals surface area contributed by atoms with Gasteiger partial charge in [0.15, 0.2) is 11.5 Å². The Kier molecular flexibility index (Phi) is 9.44. The third-order valence-electron chi connectivity index (χ3n) is 5.05. The van der Waals surface area contributed by atoms with Crippen molar-refractivity contribution in [2.45, 2.75) is 20.5 Å². The molecule has 0 bridgehead atoms. The van der Waals surface area contributed by atoms with Gasteiger partial charge in [-0.2, -0.15) is 5.26 Å². The molecule has 0 atom stereocenters. The fourth-order valence-corrected chi connectivity index (χ4v) is 4.47. The van der Waals surface area contributed by atoms with Gasteiger partial charge in [-0.1, -0.05) is 24.3 Å². The number of ether oxygens (including phenoxy) is 2. The molecule has 8 nitrogen and oxygen atoms in total. The molecule has 0 fully saturated rings. The Balaban J connectivity index is 1.86. The Morgan fingerprint density at radius 3 is 2.61 bits per heavy atom. The van der Waals surface area contributed by atoms with Crippen LogP contribution in [0.2, 0.25) is 0 Å². The van der Waals surface area contributed by atoms with Crippen LogP contribution in [0.15, 0.2) is 64.6 Å². The van der Waals surface area contributed by atoms with Gasteiger partial charge in [0.2, 0.25) is 0 Å². The summed E-state index contributed by atoms with van der Waals surface area (Å²) < 4.78 is 13.0. The van der Waals surface area contributed by atoms with Gasteiger partial charge in [-0.3, -0.25) is 14.9 Å². The average molecular weight is 662 g/mol. The number of nitro groups is 1. The van der Waals surface area contributed by atoms with Crippen LogP contribution in [0.25, 0.3) is 6.08 Å². The number of non-ortho nitro benzene ring substituents is 1. The van der Waals surface area contributed by atoms with Crippen LogP contribution in [0.4, 0.5) is 11.4 Å². The minimum absolute atomic E-state index is 0.126. The van der Waals surface area contributed by atoms with E-state index in [1.807, 2.05) is 44.2 Å².